The van der Waals surface area contributed by atoms with Crippen molar-refractivity contribution >= 4 is 16.3 Å². The molecule has 110 valence electrons. The number of rotatable bonds is 5. The number of hydrogen-bond acceptors (Lipinski definition) is 4. The van der Waals surface area contributed by atoms with Gasteiger partial charge in [0.05, 0.1) is 7.11 Å². The third-order valence-electron chi connectivity index (χ3n) is 3.67. The van der Waals surface area contributed by atoms with Gasteiger partial charge in [0.1, 0.15) is 5.69 Å². The Kier molecular flexibility index (Phi) is 3.94. The summed E-state index contributed by atoms with van der Waals surface area (Å²) in [6, 6.07) is 8.90. The minimum Gasteiger partial charge on any atom is -0.480 e. The van der Waals surface area contributed by atoms with Gasteiger partial charge in [-0.3, -0.25) is 4.40 Å². The number of fused-ring (bicyclic) bond motifs is 1. The van der Waals surface area contributed by atoms with Crippen molar-refractivity contribution in [3.63, 3.8) is 0 Å². The Morgan fingerprint density at radius 3 is 2.81 bits per heavy atom. The molecular weight excluding hydrogens is 282 g/mol. The highest BCUT2D eigenvalue weighted by Gasteiger charge is 2.14. The van der Waals surface area contributed by atoms with Crippen LogP contribution in [0.15, 0.2) is 35.8 Å². The van der Waals surface area contributed by atoms with Gasteiger partial charge in [-0.2, -0.15) is 4.98 Å². The topological polar surface area (TPSA) is 38.6 Å². The summed E-state index contributed by atoms with van der Waals surface area (Å²) in [5, 5.41) is 5.58. The second-order valence-corrected chi connectivity index (χ2v) is 6.01. The molecule has 0 bridgehead atoms. The number of methoxy groups -OCH3 is 1. The summed E-state index contributed by atoms with van der Waals surface area (Å²) in [5.74, 6) is 0.699. The molecule has 3 aromatic rings. The third kappa shape index (κ3) is 2.80. The van der Waals surface area contributed by atoms with Crippen LogP contribution in [0.25, 0.3) is 4.96 Å². The molecule has 1 N–H and O–H groups in total. The number of nitrogens with one attached hydrogen (secondary N) is 1. The van der Waals surface area contributed by atoms with Crippen molar-refractivity contribution in [3.8, 4) is 5.88 Å². The molecule has 0 radical (unpaired) electrons. The van der Waals surface area contributed by atoms with Crippen molar-refractivity contribution in [1.29, 1.82) is 0 Å². The standard InChI is InChI=1S/C16H19N3OS/c1-11-4-6-13(7-5-11)12(2)17-10-14-15(20-3)18-16-19(14)8-9-21-16/h4-9,12,17H,10H2,1-3H3/t12-/m1/s1. The van der Waals surface area contributed by atoms with Crippen LogP contribution in [0, 0.1) is 6.92 Å². The molecule has 21 heavy (non-hydrogen) atoms. The first-order valence-corrected chi connectivity index (χ1v) is 7.85. The summed E-state index contributed by atoms with van der Waals surface area (Å²) in [6.45, 7) is 4.99. The quantitative estimate of drug-likeness (QED) is 0.783. The molecule has 0 aliphatic carbocycles. The van der Waals surface area contributed by atoms with Crippen LogP contribution in [-0.2, 0) is 6.54 Å². The van der Waals surface area contributed by atoms with Crippen LogP contribution >= 0.6 is 11.3 Å². The molecule has 1 aromatic carbocycles. The second-order valence-electron chi connectivity index (χ2n) is 5.14. The number of thiazole rings is 1. The highest BCUT2D eigenvalue weighted by atomic mass is 32.1. The number of ether oxygens (including phenoxy) is 1. The molecule has 3 rings (SSSR count). The Morgan fingerprint density at radius 1 is 1.33 bits per heavy atom. The maximum Gasteiger partial charge on any atom is 0.237 e. The summed E-state index contributed by atoms with van der Waals surface area (Å²) >= 11 is 1.61. The van der Waals surface area contributed by atoms with Crippen LogP contribution < -0.4 is 10.1 Å². The summed E-state index contributed by atoms with van der Waals surface area (Å²) in [4.78, 5) is 5.44. The van der Waals surface area contributed by atoms with Crippen molar-refractivity contribution < 1.29 is 4.74 Å². The van der Waals surface area contributed by atoms with Gasteiger partial charge in [-0.25, -0.2) is 0 Å². The Labute approximate surface area is 128 Å². The average molecular weight is 301 g/mol. The van der Waals surface area contributed by atoms with Gasteiger partial charge < -0.3 is 10.1 Å². The summed E-state index contributed by atoms with van der Waals surface area (Å²) < 4.78 is 7.46. The van der Waals surface area contributed by atoms with E-state index in [0.29, 0.717) is 5.88 Å². The van der Waals surface area contributed by atoms with E-state index in [1.165, 1.54) is 11.1 Å². The van der Waals surface area contributed by atoms with Crippen LogP contribution in [0.3, 0.4) is 0 Å². The number of nitrogens with zero attached hydrogens (tertiary/aromatic N) is 2. The lowest BCUT2D eigenvalue weighted by Gasteiger charge is -2.14. The molecule has 0 fully saturated rings. The smallest absolute Gasteiger partial charge is 0.237 e. The molecule has 0 unspecified atom stereocenters. The van der Waals surface area contributed by atoms with E-state index in [-0.39, 0.29) is 6.04 Å². The molecular formula is C16H19N3OS. The van der Waals surface area contributed by atoms with Gasteiger partial charge in [-0.1, -0.05) is 29.8 Å². The lowest BCUT2D eigenvalue weighted by Crippen LogP contribution is -2.19. The van der Waals surface area contributed by atoms with Crippen molar-refractivity contribution in [2.24, 2.45) is 0 Å². The lowest BCUT2D eigenvalue weighted by atomic mass is 10.1. The minimum atomic E-state index is 0.277. The zero-order valence-electron chi connectivity index (χ0n) is 12.5. The van der Waals surface area contributed by atoms with E-state index in [4.69, 9.17) is 4.74 Å². The average Bonchev–Trinajstić information content (AvgIpc) is 3.06. The van der Waals surface area contributed by atoms with Crippen molar-refractivity contribution in [1.82, 2.24) is 14.7 Å². The van der Waals surface area contributed by atoms with E-state index in [1.54, 1.807) is 18.4 Å². The van der Waals surface area contributed by atoms with Crippen LogP contribution in [-0.4, -0.2) is 16.5 Å². The van der Waals surface area contributed by atoms with E-state index >= 15 is 0 Å². The van der Waals surface area contributed by atoms with Crippen LogP contribution in [0.1, 0.15) is 29.8 Å². The molecule has 0 amide bonds. The van der Waals surface area contributed by atoms with Gasteiger partial charge in [0.15, 0.2) is 4.96 Å². The van der Waals surface area contributed by atoms with Crippen LogP contribution in [0.4, 0.5) is 0 Å². The molecule has 4 nitrogen and oxygen atoms in total. The first-order valence-electron chi connectivity index (χ1n) is 6.97. The van der Waals surface area contributed by atoms with Gasteiger partial charge in [-0.05, 0) is 19.4 Å². The predicted octanol–water partition coefficient (Wildman–Crippen LogP) is 3.56. The number of hydrogen-bond donors (Lipinski definition) is 1. The SMILES string of the molecule is COc1nc2sccn2c1CN[C@H](C)c1ccc(C)cc1. The Balaban J connectivity index is 1.76. The van der Waals surface area contributed by atoms with Crippen LogP contribution in [0.2, 0.25) is 0 Å². The molecule has 0 aliphatic heterocycles. The van der Waals surface area contributed by atoms with E-state index in [1.807, 2.05) is 11.6 Å². The fraction of sp³-hybridized carbons (Fsp3) is 0.312. The molecule has 5 heteroatoms. The number of aromatic nitrogens is 2. The Bertz CT molecular complexity index is 730. The van der Waals surface area contributed by atoms with Gasteiger partial charge in [0, 0.05) is 24.2 Å². The molecule has 0 saturated carbocycles. The predicted molar refractivity (Wildman–Crippen MR) is 86.1 cm³/mol. The largest absolute Gasteiger partial charge is 0.480 e. The van der Waals surface area contributed by atoms with Gasteiger partial charge in [-0.15, -0.1) is 11.3 Å². The van der Waals surface area contributed by atoms with E-state index in [2.05, 4.69) is 52.8 Å². The molecule has 0 spiro atoms. The highest BCUT2D eigenvalue weighted by molar-refractivity contribution is 7.15. The van der Waals surface area contributed by atoms with Crippen molar-refractivity contribution in [2.75, 3.05) is 7.11 Å². The lowest BCUT2D eigenvalue weighted by molar-refractivity contribution is 0.391. The second kappa shape index (κ2) is 5.87. The van der Waals surface area contributed by atoms with Crippen molar-refractivity contribution in [2.45, 2.75) is 26.4 Å². The number of imidazole rings is 1. The van der Waals surface area contributed by atoms with Gasteiger partial charge >= 0.3 is 0 Å². The molecule has 1 atom stereocenters. The fourth-order valence-electron chi connectivity index (χ4n) is 2.36. The third-order valence-corrected chi connectivity index (χ3v) is 4.43. The summed E-state index contributed by atoms with van der Waals surface area (Å²) in [5.41, 5.74) is 3.63. The Morgan fingerprint density at radius 2 is 2.10 bits per heavy atom. The number of benzene rings is 1. The summed E-state index contributed by atoms with van der Waals surface area (Å²) in [7, 11) is 1.67. The molecule has 0 saturated heterocycles. The maximum absolute atomic E-state index is 5.38. The number of aryl methyl sites for hydroxylation is 1. The first kappa shape index (κ1) is 14.1. The van der Waals surface area contributed by atoms with Gasteiger partial charge in [0.2, 0.25) is 5.88 Å². The zero-order chi connectivity index (χ0) is 14.8. The van der Waals surface area contributed by atoms with E-state index < -0.39 is 0 Å². The van der Waals surface area contributed by atoms with Gasteiger partial charge in [0.25, 0.3) is 0 Å². The monoisotopic (exact) mass is 301 g/mol. The maximum atomic E-state index is 5.38. The zero-order valence-corrected chi connectivity index (χ0v) is 13.3. The minimum absolute atomic E-state index is 0.277. The molecule has 0 aliphatic rings. The van der Waals surface area contributed by atoms with E-state index in [0.717, 1.165) is 17.2 Å². The first-order chi connectivity index (χ1) is 10.2. The highest BCUT2D eigenvalue weighted by Crippen LogP contribution is 2.24. The molecule has 2 heterocycles. The summed E-state index contributed by atoms with van der Waals surface area (Å²) in [6.07, 6.45) is 2.03. The van der Waals surface area contributed by atoms with E-state index in [9.17, 15) is 0 Å². The van der Waals surface area contributed by atoms with Crippen molar-refractivity contribution in [3.05, 3.63) is 52.7 Å². The fourth-order valence-corrected chi connectivity index (χ4v) is 3.08. The van der Waals surface area contributed by atoms with Crippen LogP contribution in [0.5, 0.6) is 5.88 Å². The molecule has 2 aromatic heterocycles. The Hall–Kier alpha value is -1.85. The normalized spacial score (nSPS) is 12.7.